The SMILES string of the molecule is CCCNc1c(NC=O)cccc1C(=N)C1=C(NC)CCCC1. The van der Waals surface area contributed by atoms with Gasteiger partial charge in [0, 0.05) is 24.9 Å². The molecule has 1 aromatic rings. The van der Waals surface area contributed by atoms with Crippen LogP contribution in [0.3, 0.4) is 0 Å². The molecule has 0 saturated carbocycles. The van der Waals surface area contributed by atoms with E-state index in [1.807, 2.05) is 25.2 Å². The highest BCUT2D eigenvalue weighted by atomic mass is 16.1. The fraction of sp³-hybridized carbons (Fsp3) is 0.444. The first-order chi connectivity index (χ1) is 11.2. The molecule has 124 valence electrons. The molecule has 0 fully saturated rings. The maximum atomic E-state index is 10.9. The zero-order valence-electron chi connectivity index (χ0n) is 14.0. The highest BCUT2D eigenvalue weighted by Gasteiger charge is 2.20. The lowest BCUT2D eigenvalue weighted by atomic mass is 9.89. The Labute approximate surface area is 138 Å². The van der Waals surface area contributed by atoms with E-state index in [2.05, 4.69) is 22.9 Å². The second-order valence-electron chi connectivity index (χ2n) is 5.71. The lowest BCUT2D eigenvalue weighted by Crippen LogP contribution is -2.19. The minimum Gasteiger partial charge on any atom is -0.391 e. The maximum absolute atomic E-state index is 10.9. The standard InChI is InChI=1S/C18H26N4O/c1-3-11-21-18-14(8-6-10-16(18)22-12-23)17(19)13-7-4-5-9-15(13)20-2/h6,8,10,12,19-21H,3-5,7,9,11H2,1-2H3,(H,22,23). The summed E-state index contributed by atoms with van der Waals surface area (Å²) in [5, 5.41) is 18.1. The van der Waals surface area contributed by atoms with Gasteiger partial charge in [0.05, 0.1) is 17.1 Å². The third-order valence-corrected chi connectivity index (χ3v) is 4.17. The lowest BCUT2D eigenvalue weighted by molar-refractivity contribution is -0.105. The Bertz CT molecular complexity index is 607. The van der Waals surface area contributed by atoms with Gasteiger partial charge in [-0.2, -0.15) is 0 Å². The van der Waals surface area contributed by atoms with Gasteiger partial charge in [0.1, 0.15) is 0 Å². The molecule has 0 saturated heterocycles. The summed E-state index contributed by atoms with van der Waals surface area (Å²) in [6.07, 6.45) is 5.87. The van der Waals surface area contributed by atoms with Crippen molar-refractivity contribution in [3.8, 4) is 0 Å². The number of rotatable bonds is 8. The van der Waals surface area contributed by atoms with Crippen molar-refractivity contribution >= 4 is 23.5 Å². The van der Waals surface area contributed by atoms with Crippen molar-refractivity contribution in [2.24, 2.45) is 0 Å². The van der Waals surface area contributed by atoms with Crippen LogP contribution in [-0.4, -0.2) is 25.7 Å². The van der Waals surface area contributed by atoms with Crippen LogP contribution in [0.25, 0.3) is 0 Å². The molecule has 5 heteroatoms. The van der Waals surface area contributed by atoms with Crippen LogP contribution in [0.1, 0.15) is 44.6 Å². The fourth-order valence-corrected chi connectivity index (χ4v) is 3.00. The largest absolute Gasteiger partial charge is 0.391 e. The van der Waals surface area contributed by atoms with Crippen LogP contribution in [-0.2, 0) is 4.79 Å². The Morgan fingerprint density at radius 1 is 1.30 bits per heavy atom. The molecular weight excluding hydrogens is 288 g/mol. The number of benzene rings is 1. The van der Waals surface area contributed by atoms with Crippen molar-refractivity contribution in [2.45, 2.75) is 39.0 Å². The first kappa shape index (κ1) is 17.1. The predicted octanol–water partition coefficient (Wildman–Crippen LogP) is 3.49. The molecule has 1 aliphatic carbocycles. The normalized spacial score (nSPS) is 14.3. The second kappa shape index (κ2) is 8.36. The number of allylic oxidation sites excluding steroid dienone is 2. The number of carbonyl (C=O) groups excluding carboxylic acids is 1. The fourth-order valence-electron chi connectivity index (χ4n) is 3.00. The van der Waals surface area contributed by atoms with E-state index in [4.69, 9.17) is 5.41 Å². The highest BCUT2D eigenvalue weighted by molar-refractivity contribution is 6.15. The van der Waals surface area contributed by atoms with Crippen molar-refractivity contribution in [1.29, 1.82) is 5.41 Å². The zero-order chi connectivity index (χ0) is 16.7. The van der Waals surface area contributed by atoms with Gasteiger partial charge in [0.2, 0.25) is 6.41 Å². The lowest BCUT2D eigenvalue weighted by Gasteiger charge is -2.23. The van der Waals surface area contributed by atoms with E-state index in [1.54, 1.807) is 0 Å². The summed E-state index contributed by atoms with van der Waals surface area (Å²) < 4.78 is 0. The molecule has 0 heterocycles. The molecule has 0 unspecified atom stereocenters. The van der Waals surface area contributed by atoms with Gasteiger partial charge >= 0.3 is 0 Å². The Balaban J connectivity index is 2.44. The smallest absolute Gasteiger partial charge is 0.211 e. The van der Waals surface area contributed by atoms with E-state index in [-0.39, 0.29) is 0 Å². The number of anilines is 2. The molecule has 1 aromatic carbocycles. The number of amides is 1. The molecule has 1 amide bonds. The van der Waals surface area contributed by atoms with Gasteiger partial charge in [0.15, 0.2) is 0 Å². The summed E-state index contributed by atoms with van der Waals surface area (Å²) in [4.78, 5) is 10.9. The van der Waals surface area contributed by atoms with Crippen molar-refractivity contribution in [1.82, 2.24) is 5.32 Å². The summed E-state index contributed by atoms with van der Waals surface area (Å²) >= 11 is 0. The van der Waals surface area contributed by atoms with Crippen molar-refractivity contribution in [3.05, 3.63) is 35.0 Å². The van der Waals surface area contributed by atoms with Crippen LogP contribution in [0, 0.1) is 5.41 Å². The van der Waals surface area contributed by atoms with Crippen LogP contribution in [0.5, 0.6) is 0 Å². The minimum atomic E-state index is 0.544. The van der Waals surface area contributed by atoms with Gasteiger partial charge in [0.25, 0.3) is 0 Å². The second-order valence-corrected chi connectivity index (χ2v) is 5.71. The van der Waals surface area contributed by atoms with Gasteiger partial charge < -0.3 is 16.0 Å². The Morgan fingerprint density at radius 2 is 2.09 bits per heavy atom. The number of nitrogens with one attached hydrogen (secondary N) is 4. The monoisotopic (exact) mass is 314 g/mol. The molecule has 5 nitrogen and oxygen atoms in total. The predicted molar refractivity (Wildman–Crippen MR) is 96.3 cm³/mol. The summed E-state index contributed by atoms with van der Waals surface area (Å²) in [6.45, 7) is 2.90. The number of carbonyl (C=O) groups is 1. The quantitative estimate of drug-likeness (QED) is 0.438. The Morgan fingerprint density at radius 3 is 2.78 bits per heavy atom. The third kappa shape index (κ3) is 3.92. The van der Waals surface area contributed by atoms with Gasteiger partial charge in [-0.05, 0) is 43.7 Å². The van der Waals surface area contributed by atoms with Crippen LogP contribution < -0.4 is 16.0 Å². The topological polar surface area (TPSA) is 77.0 Å². The van der Waals surface area contributed by atoms with E-state index in [0.717, 1.165) is 60.4 Å². The van der Waals surface area contributed by atoms with E-state index in [1.165, 1.54) is 6.42 Å². The average Bonchev–Trinajstić information content (AvgIpc) is 2.60. The van der Waals surface area contributed by atoms with Gasteiger partial charge in [-0.25, -0.2) is 0 Å². The molecule has 4 N–H and O–H groups in total. The van der Waals surface area contributed by atoms with Gasteiger partial charge in [-0.3, -0.25) is 10.2 Å². The van der Waals surface area contributed by atoms with E-state index in [0.29, 0.717) is 12.1 Å². The van der Waals surface area contributed by atoms with E-state index in [9.17, 15) is 4.79 Å². The first-order valence-corrected chi connectivity index (χ1v) is 8.29. The van der Waals surface area contributed by atoms with E-state index >= 15 is 0 Å². The summed E-state index contributed by atoms with van der Waals surface area (Å²) in [5.41, 5.74) is 5.19. The Kier molecular flexibility index (Phi) is 6.20. The minimum absolute atomic E-state index is 0.544. The van der Waals surface area contributed by atoms with Crippen LogP contribution in [0.15, 0.2) is 29.5 Å². The number of para-hydroxylation sites is 1. The third-order valence-electron chi connectivity index (χ3n) is 4.17. The molecule has 0 aromatic heterocycles. The average molecular weight is 314 g/mol. The van der Waals surface area contributed by atoms with Crippen LogP contribution >= 0.6 is 0 Å². The molecule has 0 spiro atoms. The number of hydrogen-bond acceptors (Lipinski definition) is 4. The molecule has 0 radical (unpaired) electrons. The molecule has 0 aliphatic heterocycles. The van der Waals surface area contributed by atoms with Crippen molar-refractivity contribution < 1.29 is 4.79 Å². The van der Waals surface area contributed by atoms with Crippen LogP contribution in [0.2, 0.25) is 0 Å². The molecular formula is C18H26N4O. The van der Waals surface area contributed by atoms with Crippen molar-refractivity contribution in [2.75, 3.05) is 24.2 Å². The van der Waals surface area contributed by atoms with Crippen LogP contribution in [0.4, 0.5) is 11.4 Å². The molecule has 0 atom stereocenters. The summed E-state index contributed by atoms with van der Waals surface area (Å²) in [5.74, 6) is 0. The highest BCUT2D eigenvalue weighted by Crippen LogP contribution is 2.32. The first-order valence-electron chi connectivity index (χ1n) is 8.29. The molecule has 23 heavy (non-hydrogen) atoms. The Hall–Kier alpha value is -2.30. The molecule has 1 aliphatic rings. The number of hydrogen-bond donors (Lipinski definition) is 4. The molecule has 2 rings (SSSR count). The van der Waals surface area contributed by atoms with Gasteiger partial charge in [-0.15, -0.1) is 0 Å². The summed E-state index contributed by atoms with van der Waals surface area (Å²) in [7, 11) is 1.93. The van der Waals surface area contributed by atoms with Gasteiger partial charge in [-0.1, -0.05) is 19.1 Å². The summed E-state index contributed by atoms with van der Waals surface area (Å²) in [6, 6.07) is 5.69. The van der Waals surface area contributed by atoms with Crippen molar-refractivity contribution in [3.63, 3.8) is 0 Å². The van der Waals surface area contributed by atoms with E-state index < -0.39 is 0 Å². The molecule has 0 bridgehead atoms. The maximum Gasteiger partial charge on any atom is 0.211 e. The zero-order valence-corrected chi connectivity index (χ0v) is 14.0.